The van der Waals surface area contributed by atoms with E-state index in [2.05, 4.69) is 27.4 Å². The Hall–Kier alpha value is -1.22. The predicted molar refractivity (Wildman–Crippen MR) is 123 cm³/mol. The Morgan fingerprint density at radius 1 is 1.15 bits per heavy atom. The summed E-state index contributed by atoms with van der Waals surface area (Å²) in [5.41, 5.74) is 1.12. The number of hydrogen-bond acceptors (Lipinski definition) is 4. The molecule has 0 saturated carbocycles. The maximum absolute atomic E-state index is 5.35. The summed E-state index contributed by atoms with van der Waals surface area (Å²) in [5, 5.41) is 6.74. The smallest absolute Gasteiger partial charge is 0.191 e. The first-order chi connectivity index (χ1) is 12.7. The van der Waals surface area contributed by atoms with Crippen LogP contribution in [0.4, 0.5) is 0 Å². The number of nitrogens with zero attached hydrogens (tertiary/aromatic N) is 2. The van der Waals surface area contributed by atoms with Crippen LogP contribution in [0.2, 0.25) is 0 Å². The largest absolute Gasteiger partial charge is 0.493 e. The second kappa shape index (κ2) is 13.0. The molecule has 1 aliphatic rings. The Balaban J connectivity index is 0.00000364. The molecule has 0 spiro atoms. The van der Waals surface area contributed by atoms with Gasteiger partial charge in [-0.15, -0.1) is 24.0 Å². The average molecular weight is 490 g/mol. The number of piperidine rings is 1. The van der Waals surface area contributed by atoms with Crippen molar-refractivity contribution in [1.29, 1.82) is 0 Å². The lowest BCUT2D eigenvalue weighted by Crippen LogP contribution is -2.39. The summed E-state index contributed by atoms with van der Waals surface area (Å²) in [4.78, 5) is 6.87. The number of hydrogen-bond donors (Lipinski definition) is 2. The highest BCUT2D eigenvalue weighted by atomic mass is 127. The lowest BCUT2D eigenvalue weighted by atomic mass is 9.99. The van der Waals surface area contributed by atoms with Crippen molar-refractivity contribution in [1.82, 2.24) is 15.5 Å². The van der Waals surface area contributed by atoms with E-state index in [0.717, 1.165) is 48.5 Å². The third-order valence-corrected chi connectivity index (χ3v) is 4.95. The fraction of sp³-hybridized carbons (Fsp3) is 0.650. The van der Waals surface area contributed by atoms with E-state index in [9.17, 15) is 0 Å². The van der Waals surface area contributed by atoms with Crippen LogP contribution in [0.1, 0.15) is 31.7 Å². The quantitative estimate of drug-likeness (QED) is 0.254. The van der Waals surface area contributed by atoms with E-state index in [0.29, 0.717) is 6.54 Å². The van der Waals surface area contributed by atoms with E-state index >= 15 is 0 Å². The highest BCUT2D eigenvalue weighted by molar-refractivity contribution is 14.0. The van der Waals surface area contributed by atoms with Crippen molar-refractivity contribution in [3.05, 3.63) is 23.8 Å². The fourth-order valence-corrected chi connectivity index (χ4v) is 3.19. The summed E-state index contributed by atoms with van der Waals surface area (Å²) in [7, 11) is 5.10. The first kappa shape index (κ1) is 23.8. The van der Waals surface area contributed by atoms with Crippen molar-refractivity contribution in [2.75, 3.05) is 47.4 Å². The van der Waals surface area contributed by atoms with Gasteiger partial charge in [-0.2, -0.15) is 0 Å². The molecule has 1 fully saturated rings. The van der Waals surface area contributed by atoms with Crippen LogP contribution in [0.3, 0.4) is 0 Å². The Bertz CT molecular complexity index is 575. The number of methoxy groups -OCH3 is 2. The molecule has 2 rings (SSSR count). The number of guanidine groups is 1. The molecule has 1 aromatic carbocycles. The van der Waals surface area contributed by atoms with Gasteiger partial charge in [0, 0.05) is 20.1 Å². The van der Waals surface area contributed by atoms with E-state index in [1.54, 1.807) is 21.3 Å². The van der Waals surface area contributed by atoms with Gasteiger partial charge in [-0.3, -0.25) is 4.99 Å². The van der Waals surface area contributed by atoms with Crippen molar-refractivity contribution >= 4 is 29.9 Å². The van der Waals surface area contributed by atoms with Crippen molar-refractivity contribution in [2.45, 2.75) is 32.7 Å². The number of rotatable bonds is 8. The average Bonchev–Trinajstić information content (AvgIpc) is 2.68. The summed E-state index contributed by atoms with van der Waals surface area (Å²) >= 11 is 0. The molecule has 1 saturated heterocycles. The number of nitrogens with one attached hydrogen (secondary N) is 2. The monoisotopic (exact) mass is 490 g/mol. The summed E-state index contributed by atoms with van der Waals surface area (Å²) in [6, 6.07) is 5.93. The molecule has 0 unspecified atom stereocenters. The van der Waals surface area contributed by atoms with Crippen LogP contribution < -0.4 is 20.1 Å². The van der Waals surface area contributed by atoms with Crippen molar-refractivity contribution < 1.29 is 9.47 Å². The molecule has 1 aromatic rings. The van der Waals surface area contributed by atoms with E-state index in [4.69, 9.17) is 9.47 Å². The summed E-state index contributed by atoms with van der Waals surface area (Å²) in [6.07, 6.45) is 3.80. The fourth-order valence-electron chi connectivity index (χ4n) is 3.19. The van der Waals surface area contributed by atoms with Gasteiger partial charge in [0.2, 0.25) is 0 Å². The van der Waals surface area contributed by atoms with E-state index in [-0.39, 0.29) is 24.0 Å². The first-order valence-electron chi connectivity index (χ1n) is 9.54. The van der Waals surface area contributed by atoms with Crippen LogP contribution in [-0.4, -0.2) is 58.3 Å². The molecule has 27 heavy (non-hydrogen) atoms. The van der Waals surface area contributed by atoms with Gasteiger partial charge in [0.25, 0.3) is 0 Å². The zero-order valence-corrected chi connectivity index (χ0v) is 19.4. The van der Waals surface area contributed by atoms with Gasteiger partial charge < -0.3 is 25.0 Å². The van der Waals surface area contributed by atoms with Crippen molar-refractivity contribution in [3.63, 3.8) is 0 Å². The van der Waals surface area contributed by atoms with Crippen LogP contribution >= 0.6 is 24.0 Å². The molecular weight excluding hydrogens is 455 g/mol. The van der Waals surface area contributed by atoms with Gasteiger partial charge in [-0.1, -0.05) is 13.0 Å². The molecule has 1 aliphatic heterocycles. The number of halogens is 1. The maximum atomic E-state index is 5.35. The molecule has 2 N–H and O–H groups in total. The third kappa shape index (κ3) is 8.13. The maximum Gasteiger partial charge on any atom is 0.191 e. The number of aliphatic imine (C=N–C) groups is 1. The minimum Gasteiger partial charge on any atom is -0.493 e. The van der Waals surface area contributed by atoms with Crippen molar-refractivity contribution in [3.8, 4) is 11.5 Å². The lowest BCUT2D eigenvalue weighted by Gasteiger charge is -2.30. The first-order valence-corrected chi connectivity index (χ1v) is 9.54. The Kier molecular flexibility index (Phi) is 11.5. The standard InChI is InChI=1S/C20H34N4O2.HI/c1-16-8-12-24(13-9-16)11-5-10-22-20(21-2)23-15-17-6-7-18(25-3)19(14-17)26-4;/h6-7,14,16H,5,8-13,15H2,1-4H3,(H2,21,22,23);1H. The second-order valence-electron chi connectivity index (χ2n) is 6.92. The van der Waals surface area contributed by atoms with Gasteiger partial charge >= 0.3 is 0 Å². The van der Waals surface area contributed by atoms with Crippen LogP contribution in [0.5, 0.6) is 11.5 Å². The van der Waals surface area contributed by atoms with E-state index in [1.165, 1.54) is 25.9 Å². The molecular formula is C20H35IN4O2. The van der Waals surface area contributed by atoms with Crippen LogP contribution in [-0.2, 0) is 6.54 Å². The number of ether oxygens (including phenoxy) is 2. The van der Waals surface area contributed by atoms with Crippen LogP contribution in [0, 0.1) is 5.92 Å². The molecule has 0 atom stereocenters. The minimum absolute atomic E-state index is 0. The van der Waals surface area contributed by atoms with E-state index < -0.39 is 0 Å². The molecule has 154 valence electrons. The van der Waals surface area contributed by atoms with Gasteiger partial charge in [0.15, 0.2) is 17.5 Å². The topological polar surface area (TPSA) is 58.1 Å². The predicted octanol–water partition coefficient (Wildman–Crippen LogP) is 3.11. The van der Waals surface area contributed by atoms with E-state index in [1.807, 2.05) is 18.2 Å². The summed E-state index contributed by atoms with van der Waals surface area (Å²) in [5.74, 6) is 3.20. The zero-order valence-electron chi connectivity index (χ0n) is 17.1. The molecule has 0 bridgehead atoms. The van der Waals surface area contributed by atoms with Gasteiger partial charge in [-0.05, 0) is 62.5 Å². The Morgan fingerprint density at radius 2 is 1.85 bits per heavy atom. The van der Waals surface area contributed by atoms with Crippen LogP contribution in [0.15, 0.2) is 23.2 Å². The SMILES string of the molecule is CN=C(NCCCN1CCC(C)CC1)NCc1ccc(OC)c(OC)c1.I. The number of benzene rings is 1. The van der Waals surface area contributed by atoms with Gasteiger partial charge in [0.1, 0.15) is 0 Å². The normalized spacial score (nSPS) is 15.8. The molecule has 0 amide bonds. The Morgan fingerprint density at radius 3 is 2.48 bits per heavy atom. The molecule has 1 heterocycles. The van der Waals surface area contributed by atoms with Gasteiger partial charge in [-0.25, -0.2) is 0 Å². The highest BCUT2D eigenvalue weighted by Gasteiger charge is 2.14. The molecule has 7 heteroatoms. The molecule has 0 aliphatic carbocycles. The number of likely N-dealkylation sites (tertiary alicyclic amines) is 1. The second-order valence-corrected chi connectivity index (χ2v) is 6.92. The summed E-state index contributed by atoms with van der Waals surface area (Å²) in [6.45, 7) is 7.61. The lowest BCUT2D eigenvalue weighted by molar-refractivity contribution is 0.191. The highest BCUT2D eigenvalue weighted by Crippen LogP contribution is 2.27. The minimum atomic E-state index is 0. The molecule has 0 radical (unpaired) electrons. The van der Waals surface area contributed by atoms with Crippen molar-refractivity contribution in [2.24, 2.45) is 10.9 Å². The Labute approximate surface area is 181 Å². The zero-order chi connectivity index (χ0) is 18.8. The van der Waals surface area contributed by atoms with Crippen LogP contribution in [0.25, 0.3) is 0 Å². The summed E-state index contributed by atoms with van der Waals surface area (Å²) < 4.78 is 10.6. The van der Waals surface area contributed by atoms with Gasteiger partial charge in [0.05, 0.1) is 14.2 Å². The third-order valence-electron chi connectivity index (χ3n) is 4.95. The molecule has 0 aromatic heterocycles. The molecule has 6 nitrogen and oxygen atoms in total.